The maximum Gasteiger partial charge on any atom is 0.216 e. The molecule has 26 heavy (non-hydrogen) atoms. The van der Waals surface area contributed by atoms with Crippen LogP contribution in [0.4, 0.5) is 0 Å². The monoisotopic (exact) mass is 348 g/mol. The summed E-state index contributed by atoms with van der Waals surface area (Å²) in [6.07, 6.45) is -0.496. The number of hydrogen-bond acceptors (Lipinski definition) is 6. The van der Waals surface area contributed by atoms with Gasteiger partial charge >= 0.3 is 0 Å². The van der Waals surface area contributed by atoms with E-state index in [9.17, 15) is 15.8 Å². The van der Waals surface area contributed by atoms with Gasteiger partial charge in [0.1, 0.15) is 6.10 Å². The Balaban J connectivity index is 2.26. The lowest BCUT2D eigenvalue weighted by atomic mass is 9.52. The van der Waals surface area contributed by atoms with Crippen molar-refractivity contribution in [1.29, 1.82) is 21.2 Å². The second-order valence-electron chi connectivity index (χ2n) is 7.01. The van der Waals surface area contributed by atoms with Crippen molar-refractivity contribution >= 4 is 5.90 Å². The van der Waals surface area contributed by atoms with Crippen LogP contribution in [-0.2, 0) is 9.47 Å². The van der Waals surface area contributed by atoms with Crippen molar-refractivity contribution in [3.05, 3.63) is 35.9 Å². The number of nitrogens with one attached hydrogen (secondary N) is 1. The van der Waals surface area contributed by atoms with Crippen molar-refractivity contribution in [2.75, 3.05) is 0 Å². The number of hydrogen-bond donors (Lipinski definition) is 1. The highest BCUT2D eigenvalue weighted by Crippen LogP contribution is 2.64. The van der Waals surface area contributed by atoms with Crippen molar-refractivity contribution in [3.63, 3.8) is 0 Å². The Hall–Kier alpha value is -2.88. The van der Waals surface area contributed by atoms with Gasteiger partial charge < -0.3 is 9.47 Å². The van der Waals surface area contributed by atoms with Gasteiger partial charge in [0, 0.05) is 12.3 Å². The van der Waals surface area contributed by atoms with Gasteiger partial charge in [-0.1, -0.05) is 51.1 Å². The summed E-state index contributed by atoms with van der Waals surface area (Å²) in [6, 6.07) is 15.7. The van der Waals surface area contributed by atoms with Gasteiger partial charge in [-0.2, -0.15) is 15.8 Å². The zero-order valence-electron chi connectivity index (χ0n) is 15.0. The second-order valence-corrected chi connectivity index (χ2v) is 7.01. The minimum Gasteiger partial charge on any atom is -0.447 e. The molecule has 0 aliphatic carbocycles. The van der Waals surface area contributed by atoms with E-state index < -0.39 is 28.6 Å². The molecule has 2 bridgehead atoms. The third-order valence-electron chi connectivity index (χ3n) is 6.12. The van der Waals surface area contributed by atoms with E-state index in [1.165, 1.54) is 0 Å². The molecule has 3 rings (SSSR count). The van der Waals surface area contributed by atoms with Crippen molar-refractivity contribution in [2.24, 2.45) is 16.7 Å². The number of ether oxygens (including phenoxy) is 2. The van der Waals surface area contributed by atoms with Crippen LogP contribution in [0.15, 0.2) is 30.3 Å². The normalized spacial score (nSPS) is 35.5. The maximum atomic E-state index is 10.1. The average Bonchev–Trinajstić information content (AvgIpc) is 2.84. The molecule has 2 heterocycles. The molecule has 6 heteroatoms. The Kier molecular flexibility index (Phi) is 4.02. The average molecular weight is 348 g/mol. The predicted molar refractivity (Wildman–Crippen MR) is 92.4 cm³/mol. The van der Waals surface area contributed by atoms with Gasteiger partial charge in [0.2, 0.25) is 11.7 Å². The van der Waals surface area contributed by atoms with Crippen LogP contribution in [0.2, 0.25) is 0 Å². The molecule has 5 unspecified atom stereocenters. The van der Waals surface area contributed by atoms with E-state index >= 15 is 0 Å². The quantitative estimate of drug-likeness (QED) is 0.898. The molecule has 0 saturated carbocycles. The van der Waals surface area contributed by atoms with Gasteiger partial charge in [0.05, 0.1) is 24.1 Å². The molecule has 0 radical (unpaired) electrons. The molecule has 0 amide bonds. The second kappa shape index (κ2) is 5.84. The standard InChI is InChI=1S/C20H20N4O2/c1-4-20-14(3)19(12-23,17(24)26-20)18(10-21,11-22)16(25-20)13(2)15-8-6-5-7-9-15/h5-9,13-14,16,24H,4H2,1-3H3. The maximum absolute atomic E-state index is 10.1. The van der Waals surface area contributed by atoms with E-state index in [1.54, 1.807) is 6.92 Å². The number of fused-ring (bicyclic) bond motifs is 2. The Labute approximate surface area is 153 Å². The minimum atomic E-state index is -1.84. The summed E-state index contributed by atoms with van der Waals surface area (Å²) >= 11 is 0. The lowest BCUT2D eigenvalue weighted by molar-refractivity contribution is -0.281. The Morgan fingerprint density at radius 1 is 1.15 bits per heavy atom. The highest BCUT2D eigenvalue weighted by atomic mass is 16.7. The highest BCUT2D eigenvalue weighted by Gasteiger charge is 2.79. The first-order chi connectivity index (χ1) is 12.4. The fraction of sp³-hybridized carbons (Fsp3) is 0.500. The van der Waals surface area contributed by atoms with Gasteiger partial charge in [-0.25, -0.2) is 0 Å². The number of benzene rings is 1. The molecule has 2 aliphatic heterocycles. The SMILES string of the molecule is CCC12OC(=N)C(C#N)(C1C)C(C#N)(C#N)C(C(C)c1ccccc1)O2. The minimum absolute atomic E-state index is 0.337. The van der Waals surface area contributed by atoms with Gasteiger partial charge in [0.15, 0.2) is 10.8 Å². The summed E-state index contributed by atoms with van der Waals surface area (Å²) in [5.41, 5.74) is -2.62. The first kappa shape index (κ1) is 17.9. The van der Waals surface area contributed by atoms with Gasteiger partial charge in [0.25, 0.3) is 0 Å². The number of nitrogens with zero attached hydrogens (tertiary/aromatic N) is 3. The zero-order chi connectivity index (χ0) is 19.2. The van der Waals surface area contributed by atoms with Crippen molar-refractivity contribution in [3.8, 4) is 18.2 Å². The first-order valence-corrected chi connectivity index (χ1v) is 8.63. The molecule has 2 fully saturated rings. The zero-order valence-corrected chi connectivity index (χ0v) is 15.0. The lowest BCUT2D eigenvalue weighted by Crippen LogP contribution is -2.62. The Bertz CT molecular complexity index is 849. The van der Waals surface area contributed by atoms with Crippen LogP contribution in [0.1, 0.15) is 38.7 Å². The van der Waals surface area contributed by atoms with E-state index in [1.807, 2.05) is 44.2 Å². The fourth-order valence-electron chi connectivity index (χ4n) is 4.48. The van der Waals surface area contributed by atoms with Crippen LogP contribution >= 0.6 is 0 Å². The van der Waals surface area contributed by atoms with Gasteiger partial charge in [-0.15, -0.1) is 0 Å². The van der Waals surface area contributed by atoms with E-state index in [4.69, 9.17) is 14.9 Å². The molecule has 2 saturated heterocycles. The molecule has 132 valence electrons. The van der Waals surface area contributed by atoms with Crippen LogP contribution < -0.4 is 0 Å². The van der Waals surface area contributed by atoms with Gasteiger partial charge in [-0.05, 0) is 5.56 Å². The third kappa shape index (κ3) is 1.84. The topological polar surface area (TPSA) is 114 Å². The summed E-state index contributed by atoms with van der Waals surface area (Å²) < 4.78 is 12.0. The lowest BCUT2D eigenvalue weighted by Gasteiger charge is -2.50. The molecule has 5 atom stereocenters. The largest absolute Gasteiger partial charge is 0.447 e. The molecule has 0 aromatic heterocycles. The molecular formula is C20H20N4O2. The van der Waals surface area contributed by atoms with E-state index in [0.717, 1.165) is 5.56 Å². The summed E-state index contributed by atoms with van der Waals surface area (Å²) in [5, 5.41) is 38.5. The number of nitriles is 3. The Morgan fingerprint density at radius 3 is 2.27 bits per heavy atom. The summed E-state index contributed by atoms with van der Waals surface area (Å²) in [5.74, 6) is -2.48. The van der Waals surface area contributed by atoms with Crippen LogP contribution in [0, 0.1) is 56.2 Å². The molecule has 6 nitrogen and oxygen atoms in total. The van der Waals surface area contributed by atoms with Crippen LogP contribution in [0.5, 0.6) is 0 Å². The molecule has 1 N–H and O–H groups in total. The van der Waals surface area contributed by atoms with E-state index in [0.29, 0.717) is 6.42 Å². The van der Waals surface area contributed by atoms with Crippen molar-refractivity contribution < 1.29 is 9.47 Å². The highest BCUT2D eigenvalue weighted by molar-refractivity contribution is 5.89. The molecule has 2 aliphatic rings. The third-order valence-corrected chi connectivity index (χ3v) is 6.12. The molecule has 1 aromatic rings. The summed E-state index contributed by atoms with van der Waals surface area (Å²) in [7, 11) is 0. The Morgan fingerprint density at radius 2 is 1.77 bits per heavy atom. The van der Waals surface area contributed by atoms with E-state index in [2.05, 4.69) is 18.2 Å². The fourth-order valence-corrected chi connectivity index (χ4v) is 4.48. The summed E-state index contributed by atoms with van der Waals surface area (Å²) in [4.78, 5) is 0. The first-order valence-electron chi connectivity index (χ1n) is 8.63. The predicted octanol–water partition coefficient (Wildman–Crippen LogP) is 3.48. The van der Waals surface area contributed by atoms with Gasteiger partial charge in [-0.3, -0.25) is 5.41 Å². The smallest absolute Gasteiger partial charge is 0.216 e. The summed E-state index contributed by atoms with van der Waals surface area (Å²) in [6.45, 7) is 5.45. The molecule has 0 spiro atoms. The van der Waals surface area contributed by atoms with Crippen LogP contribution in [0.3, 0.4) is 0 Å². The molecule has 1 aromatic carbocycles. The van der Waals surface area contributed by atoms with Crippen LogP contribution in [-0.4, -0.2) is 17.8 Å². The van der Waals surface area contributed by atoms with Crippen LogP contribution in [0.25, 0.3) is 0 Å². The molecular weight excluding hydrogens is 328 g/mol. The van der Waals surface area contributed by atoms with E-state index in [-0.39, 0.29) is 11.8 Å². The van der Waals surface area contributed by atoms with Crippen molar-refractivity contribution in [2.45, 2.75) is 45.0 Å². The van der Waals surface area contributed by atoms with Crippen molar-refractivity contribution in [1.82, 2.24) is 0 Å². The number of rotatable bonds is 3.